The van der Waals surface area contributed by atoms with Crippen LogP contribution < -0.4 is 30.2 Å². The summed E-state index contributed by atoms with van der Waals surface area (Å²) in [6.45, 7) is 6.78. The molecular formula is C30H26O4Si. The molecule has 5 rings (SSSR count). The van der Waals surface area contributed by atoms with Crippen molar-refractivity contribution in [3.63, 3.8) is 0 Å². The van der Waals surface area contributed by atoms with E-state index >= 15 is 0 Å². The van der Waals surface area contributed by atoms with Crippen LogP contribution in [0.25, 0.3) is 11.1 Å². The van der Waals surface area contributed by atoms with Gasteiger partial charge in [-0.3, -0.25) is 9.59 Å². The summed E-state index contributed by atoms with van der Waals surface area (Å²) in [4.78, 5) is 23.7. The summed E-state index contributed by atoms with van der Waals surface area (Å²) >= 11 is 0. The van der Waals surface area contributed by atoms with Crippen LogP contribution in [0.3, 0.4) is 0 Å². The van der Waals surface area contributed by atoms with E-state index in [9.17, 15) is 9.59 Å². The standard InChI is InChI=1S/C30H26O4Si/c1-19-15-29-25(17-27(19)33-21(3)31)26-18-28(34-22(4)32)20(2)16-30(26)35(29,23-11-7-5-8-12-23)24-13-9-6-10-14-24/h5-18H,1-4H3. The van der Waals surface area contributed by atoms with Crippen molar-refractivity contribution in [2.24, 2.45) is 0 Å². The highest BCUT2D eigenvalue weighted by Crippen LogP contribution is 2.36. The van der Waals surface area contributed by atoms with Gasteiger partial charge in [0, 0.05) is 13.8 Å². The first-order valence-corrected chi connectivity index (χ1v) is 13.6. The Morgan fingerprint density at radius 3 is 1.31 bits per heavy atom. The Labute approximate surface area is 206 Å². The number of carbonyl (C=O) groups excluding carboxylic acids is 2. The second kappa shape index (κ2) is 8.67. The Morgan fingerprint density at radius 1 is 0.600 bits per heavy atom. The van der Waals surface area contributed by atoms with Crippen molar-refractivity contribution in [2.45, 2.75) is 27.7 Å². The van der Waals surface area contributed by atoms with E-state index in [2.05, 4.69) is 60.7 Å². The van der Waals surface area contributed by atoms with Crippen LogP contribution in [0, 0.1) is 13.8 Å². The van der Waals surface area contributed by atoms with Crippen LogP contribution in [-0.2, 0) is 9.59 Å². The first kappa shape index (κ1) is 22.8. The maximum absolute atomic E-state index is 11.8. The second-order valence-electron chi connectivity index (χ2n) is 9.00. The average Bonchev–Trinajstić information content (AvgIpc) is 3.09. The molecule has 4 aromatic rings. The first-order chi connectivity index (χ1) is 16.8. The third-order valence-electron chi connectivity index (χ3n) is 6.65. The maximum atomic E-state index is 11.8. The molecule has 4 nitrogen and oxygen atoms in total. The van der Waals surface area contributed by atoms with Gasteiger partial charge in [0.1, 0.15) is 11.5 Å². The lowest BCUT2D eigenvalue weighted by Crippen LogP contribution is -2.72. The summed E-state index contributed by atoms with van der Waals surface area (Å²) in [5.74, 6) is 0.376. The highest BCUT2D eigenvalue weighted by Gasteiger charge is 2.49. The molecule has 0 bridgehead atoms. The number of benzene rings is 4. The third kappa shape index (κ3) is 3.69. The Hall–Kier alpha value is -3.96. The molecular weight excluding hydrogens is 452 g/mol. The number of fused-ring (bicyclic) bond motifs is 3. The summed E-state index contributed by atoms with van der Waals surface area (Å²) < 4.78 is 11.1. The van der Waals surface area contributed by atoms with Gasteiger partial charge in [0.2, 0.25) is 0 Å². The predicted molar refractivity (Wildman–Crippen MR) is 141 cm³/mol. The number of aryl methyl sites for hydroxylation is 2. The molecule has 0 saturated carbocycles. The van der Waals surface area contributed by atoms with E-state index in [4.69, 9.17) is 9.47 Å². The Kier molecular flexibility index (Phi) is 5.65. The minimum Gasteiger partial charge on any atom is -0.426 e. The van der Waals surface area contributed by atoms with Crippen LogP contribution in [0.2, 0.25) is 0 Å². The molecule has 0 unspecified atom stereocenters. The predicted octanol–water partition coefficient (Wildman–Crippen LogP) is 3.51. The van der Waals surface area contributed by atoms with E-state index in [0.717, 1.165) is 22.3 Å². The highest BCUT2D eigenvalue weighted by atomic mass is 28.3. The topological polar surface area (TPSA) is 52.6 Å². The number of ether oxygens (including phenoxy) is 2. The van der Waals surface area contributed by atoms with Gasteiger partial charge < -0.3 is 9.47 Å². The van der Waals surface area contributed by atoms with E-state index in [1.807, 2.05) is 38.1 Å². The molecule has 0 saturated heterocycles. The fourth-order valence-corrected chi connectivity index (χ4v) is 10.6. The Bertz CT molecular complexity index is 1350. The SMILES string of the molecule is CC(=O)Oc1cc2c(cc1C)[Si](c1ccccc1)(c1ccccc1)c1cc(C)c(OC(C)=O)cc1-2. The van der Waals surface area contributed by atoms with Crippen molar-refractivity contribution in [2.75, 3.05) is 0 Å². The van der Waals surface area contributed by atoms with E-state index in [0.29, 0.717) is 11.5 Å². The van der Waals surface area contributed by atoms with Crippen molar-refractivity contribution >= 4 is 40.8 Å². The van der Waals surface area contributed by atoms with E-state index < -0.39 is 8.07 Å². The molecule has 4 aromatic carbocycles. The molecule has 0 radical (unpaired) electrons. The summed E-state index contributed by atoms with van der Waals surface area (Å²) in [6, 6.07) is 29.6. The monoisotopic (exact) mass is 478 g/mol. The molecule has 0 spiro atoms. The fourth-order valence-electron chi connectivity index (χ4n) is 5.28. The van der Waals surface area contributed by atoms with E-state index in [1.165, 1.54) is 34.6 Å². The zero-order chi connectivity index (χ0) is 24.7. The van der Waals surface area contributed by atoms with Crippen molar-refractivity contribution in [1.82, 2.24) is 0 Å². The van der Waals surface area contributed by atoms with Gasteiger partial charge in [0.15, 0.2) is 8.07 Å². The van der Waals surface area contributed by atoms with Crippen LogP contribution in [0.15, 0.2) is 84.9 Å². The van der Waals surface area contributed by atoms with Crippen molar-refractivity contribution in [3.8, 4) is 22.6 Å². The summed E-state index contributed by atoms with van der Waals surface area (Å²) in [6.07, 6.45) is 0. The number of hydrogen-bond donors (Lipinski definition) is 0. The lowest BCUT2D eigenvalue weighted by molar-refractivity contribution is -0.132. The number of rotatable bonds is 4. The number of carbonyl (C=O) groups is 2. The van der Waals surface area contributed by atoms with Crippen LogP contribution in [-0.4, -0.2) is 20.0 Å². The smallest absolute Gasteiger partial charge is 0.308 e. The maximum Gasteiger partial charge on any atom is 0.308 e. The van der Waals surface area contributed by atoms with Crippen molar-refractivity contribution in [3.05, 3.63) is 96.1 Å². The van der Waals surface area contributed by atoms with Crippen molar-refractivity contribution in [1.29, 1.82) is 0 Å². The van der Waals surface area contributed by atoms with Gasteiger partial charge in [-0.25, -0.2) is 0 Å². The minimum absolute atomic E-state index is 0.356. The molecule has 1 aliphatic rings. The van der Waals surface area contributed by atoms with Gasteiger partial charge >= 0.3 is 11.9 Å². The van der Waals surface area contributed by atoms with Crippen LogP contribution in [0.4, 0.5) is 0 Å². The van der Waals surface area contributed by atoms with Crippen LogP contribution in [0.1, 0.15) is 25.0 Å². The first-order valence-electron chi connectivity index (χ1n) is 11.6. The molecule has 0 atom stereocenters. The Balaban J connectivity index is 1.93. The zero-order valence-electron chi connectivity index (χ0n) is 20.2. The zero-order valence-corrected chi connectivity index (χ0v) is 21.2. The molecule has 35 heavy (non-hydrogen) atoms. The van der Waals surface area contributed by atoms with Gasteiger partial charge in [-0.15, -0.1) is 0 Å². The van der Waals surface area contributed by atoms with Crippen LogP contribution >= 0.6 is 0 Å². The lowest BCUT2D eigenvalue weighted by atomic mass is 10.0. The molecule has 0 fully saturated rings. The van der Waals surface area contributed by atoms with Gasteiger partial charge in [0.25, 0.3) is 0 Å². The molecule has 5 heteroatoms. The van der Waals surface area contributed by atoms with Crippen molar-refractivity contribution < 1.29 is 19.1 Å². The minimum atomic E-state index is -2.70. The van der Waals surface area contributed by atoms with Gasteiger partial charge in [-0.05, 0) is 69.0 Å². The van der Waals surface area contributed by atoms with Gasteiger partial charge in [-0.2, -0.15) is 0 Å². The molecule has 0 aromatic heterocycles. The number of hydrogen-bond acceptors (Lipinski definition) is 4. The molecule has 0 N–H and O–H groups in total. The summed E-state index contributed by atoms with van der Waals surface area (Å²) in [7, 11) is -2.70. The quantitative estimate of drug-likeness (QED) is 0.225. The van der Waals surface area contributed by atoms with E-state index in [-0.39, 0.29) is 11.9 Å². The molecule has 0 aliphatic carbocycles. The largest absolute Gasteiger partial charge is 0.426 e. The molecule has 1 heterocycles. The van der Waals surface area contributed by atoms with Crippen LogP contribution in [0.5, 0.6) is 11.5 Å². The fraction of sp³-hybridized carbons (Fsp3) is 0.133. The lowest BCUT2D eigenvalue weighted by Gasteiger charge is -2.32. The normalized spacial score (nSPS) is 13.0. The van der Waals surface area contributed by atoms with Gasteiger partial charge in [0.05, 0.1) is 0 Å². The number of esters is 2. The Morgan fingerprint density at radius 2 is 0.971 bits per heavy atom. The molecule has 0 amide bonds. The van der Waals surface area contributed by atoms with Gasteiger partial charge in [-0.1, -0.05) is 72.8 Å². The average molecular weight is 479 g/mol. The second-order valence-corrected chi connectivity index (χ2v) is 12.7. The highest BCUT2D eigenvalue weighted by molar-refractivity contribution is 7.22. The van der Waals surface area contributed by atoms with E-state index in [1.54, 1.807) is 0 Å². The third-order valence-corrected chi connectivity index (χ3v) is 11.5. The molecule has 1 aliphatic heterocycles. The molecule has 174 valence electrons. The summed E-state index contributed by atoms with van der Waals surface area (Å²) in [5, 5.41) is 5.01. The summed E-state index contributed by atoms with van der Waals surface area (Å²) in [5.41, 5.74) is 3.84.